The maximum absolute atomic E-state index is 12.5. The normalized spacial score (nSPS) is 11.2. The number of anilines is 1. The molecule has 0 saturated heterocycles. The van der Waals surface area contributed by atoms with Gasteiger partial charge in [0.1, 0.15) is 0 Å². The largest absolute Gasteiger partial charge is 0.372 e. The first-order valence-electron chi connectivity index (χ1n) is 8.11. The highest BCUT2D eigenvalue weighted by atomic mass is 16.1. The highest BCUT2D eigenvalue weighted by Gasteiger charge is 2.18. The molecular formula is C20H22N2O2. The minimum Gasteiger partial charge on any atom is -0.372 e. The predicted octanol–water partition coefficient (Wildman–Crippen LogP) is 4.08. The Labute approximate surface area is 142 Å². The van der Waals surface area contributed by atoms with E-state index in [9.17, 15) is 9.59 Å². The molecule has 0 aliphatic heterocycles. The van der Waals surface area contributed by atoms with Crippen molar-refractivity contribution in [2.45, 2.75) is 20.8 Å². The summed E-state index contributed by atoms with van der Waals surface area (Å²) in [5, 5.41) is 0. The maximum Gasteiger partial charge on any atom is 0.215 e. The van der Waals surface area contributed by atoms with Gasteiger partial charge in [0.25, 0.3) is 0 Å². The monoisotopic (exact) mass is 322 g/mol. The minimum atomic E-state index is -0.351. The molecule has 0 saturated carbocycles. The molecular weight excluding hydrogens is 300 g/mol. The van der Waals surface area contributed by atoms with Crippen LogP contribution in [-0.4, -0.2) is 30.4 Å². The lowest BCUT2D eigenvalue weighted by Crippen LogP contribution is -2.22. The topological polar surface area (TPSA) is 49.7 Å². The lowest BCUT2D eigenvalue weighted by atomic mass is 10.0. The van der Waals surface area contributed by atoms with Crippen molar-refractivity contribution >= 4 is 28.7 Å². The van der Waals surface area contributed by atoms with Gasteiger partial charge in [0.2, 0.25) is 5.78 Å². The van der Waals surface area contributed by atoms with Gasteiger partial charge >= 0.3 is 0 Å². The summed E-state index contributed by atoms with van der Waals surface area (Å²) in [5.41, 5.74) is 2.11. The first-order chi connectivity index (χ1) is 11.6. The van der Waals surface area contributed by atoms with Crippen molar-refractivity contribution in [2.24, 2.45) is 4.99 Å². The number of rotatable bonds is 7. The smallest absolute Gasteiger partial charge is 0.215 e. The molecule has 2 rings (SSSR count). The van der Waals surface area contributed by atoms with Crippen LogP contribution in [0.15, 0.2) is 59.6 Å². The Hall–Kier alpha value is -2.75. The third-order valence-electron chi connectivity index (χ3n) is 3.80. The molecule has 24 heavy (non-hydrogen) atoms. The Balaban J connectivity index is 2.31. The van der Waals surface area contributed by atoms with E-state index in [4.69, 9.17) is 0 Å². The molecule has 2 aromatic carbocycles. The molecule has 4 nitrogen and oxygen atoms in total. The van der Waals surface area contributed by atoms with Gasteiger partial charge in [0.15, 0.2) is 11.5 Å². The summed E-state index contributed by atoms with van der Waals surface area (Å²) in [5.74, 6) is -0.687. The number of carbonyl (C=O) groups is 2. The Bertz CT molecular complexity index is 730. The SMILES string of the molecule is CCN(CC)c1ccc(N=C(C(C)=O)C(=O)c2ccccc2)cc1. The lowest BCUT2D eigenvalue weighted by molar-refractivity contribution is -0.110. The summed E-state index contributed by atoms with van der Waals surface area (Å²) in [6, 6.07) is 16.3. The Morgan fingerprint density at radius 1 is 0.917 bits per heavy atom. The quantitative estimate of drug-likeness (QED) is 0.438. The average Bonchev–Trinajstić information content (AvgIpc) is 2.62. The van der Waals surface area contributed by atoms with Gasteiger partial charge in [-0.15, -0.1) is 0 Å². The molecule has 0 spiro atoms. The molecule has 0 fully saturated rings. The fourth-order valence-corrected chi connectivity index (χ4v) is 2.47. The number of nitrogens with zero attached hydrogens (tertiary/aromatic N) is 2. The van der Waals surface area contributed by atoms with Gasteiger partial charge in [0, 0.05) is 31.3 Å². The Morgan fingerprint density at radius 3 is 2.00 bits per heavy atom. The second kappa shape index (κ2) is 8.20. The fourth-order valence-electron chi connectivity index (χ4n) is 2.47. The summed E-state index contributed by atoms with van der Waals surface area (Å²) >= 11 is 0. The van der Waals surface area contributed by atoms with Gasteiger partial charge in [-0.2, -0.15) is 0 Å². The summed E-state index contributed by atoms with van der Waals surface area (Å²) in [6.07, 6.45) is 0. The van der Waals surface area contributed by atoms with Crippen LogP contribution in [0.3, 0.4) is 0 Å². The summed E-state index contributed by atoms with van der Waals surface area (Å²) < 4.78 is 0. The van der Waals surface area contributed by atoms with Crippen LogP contribution in [0.4, 0.5) is 11.4 Å². The number of aliphatic imine (C=N–C) groups is 1. The van der Waals surface area contributed by atoms with Crippen molar-refractivity contribution in [3.63, 3.8) is 0 Å². The highest BCUT2D eigenvalue weighted by Crippen LogP contribution is 2.20. The van der Waals surface area contributed by atoms with E-state index >= 15 is 0 Å². The molecule has 0 amide bonds. The van der Waals surface area contributed by atoms with Crippen LogP contribution in [0.1, 0.15) is 31.1 Å². The van der Waals surface area contributed by atoms with E-state index in [-0.39, 0.29) is 17.3 Å². The van der Waals surface area contributed by atoms with Crippen LogP contribution in [0.25, 0.3) is 0 Å². The van der Waals surface area contributed by atoms with E-state index in [2.05, 4.69) is 23.7 Å². The molecule has 0 aliphatic rings. The molecule has 0 aliphatic carbocycles. The van der Waals surface area contributed by atoms with Gasteiger partial charge in [-0.3, -0.25) is 9.59 Å². The van der Waals surface area contributed by atoms with Crippen LogP contribution in [0.2, 0.25) is 0 Å². The van der Waals surface area contributed by atoms with Crippen LogP contribution in [0.5, 0.6) is 0 Å². The first kappa shape index (κ1) is 17.6. The summed E-state index contributed by atoms with van der Waals surface area (Å²) in [7, 11) is 0. The number of hydrogen-bond donors (Lipinski definition) is 0. The van der Waals surface area contributed by atoms with Crippen LogP contribution in [-0.2, 0) is 4.79 Å². The van der Waals surface area contributed by atoms with Gasteiger partial charge in [0.05, 0.1) is 5.69 Å². The molecule has 124 valence electrons. The summed E-state index contributed by atoms with van der Waals surface area (Å²) in [6.45, 7) is 7.41. The Kier molecular flexibility index (Phi) is 6.01. The van der Waals surface area contributed by atoms with Crippen molar-refractivity contribution in [1.29, 1.82) is 0 Å². The van der Waals surface area contributed by atoms with Crippen LogP contribution < -0.4 is 4.90 Å². The molecule has 0 aromatic heterocycles. The predicted molar refractivity (Wildman–Crippen MR) is 98.6 cm³/mol. The van der Waals surface area contributed by atoms with Gasteiger partial charge < -0.3 is 4.90 Å². The van der Waals surface area contributed by atoms with E-state index in [1.807, 2.05) is 30.3 Å². The standard InChI is InChI=1S/C20H22N2O2/c1-4-22(5-2)18-13-11-17(12-14-18)21-19(15(3)23)20(24)16-9-7-6-8-10-16/h6-14H,4-5H2,1-3H3. The second-order valence-corrected chi connectivity index (χ2v) is 5.40. The van der Waals surface area contributed by atoms with E-state index in [1.165, 1.54) is 6.92 Å². The van der Waals surface area contributed by atoms with Crippen molar-refractivity contribution in [3.05, 3.63) is 60.2 Å². The zero-order chi connectivity index (χ0) is 17.5. The van der Waals surface area contributed by atoms with Crippen molar-refractivity contribution in [1.82, 2.24) is 0 Å². The molecule has 0 radical (unpaired) electrons. The van der Waals surface area contributed by atoms with Gasteiger partial charge in [-0.25, -0.2) is 4.99 Å². The number of Topliss-reactive ketones (excluding diaryl/α,β-unsaturated/α-hetero) is 2. The van der Waals surface area contributed by atoms with E-state index in [1.54, 1.807) is 24.3 Å². The van der Waals surface area contributed by atoms with E-state index < -0.39 is 0 Å². The second-order valence-electron chi connectivity index (χ2n) is 5.40. The molecule has 0 bridgehead atoms. The van der Waals surface area contributed by atoms with Crippen molar-refractivity contribution < 1.29 is 9.59 Å². The number of ketones is 2. The van der Waals surface area contributed by atoms with Gasteiger partial charge in [-0.05, 0) is 38.1 Å². The van der Waals surface area contributed by atoms with Gasteiger partial charge in [-0.1, -0.05) is 30.3 Å². The number of hydrogen-bond acceptors (Lipinski definition) is 4. The highest BCUT2D eigenvalue weighted by molar-refractivity contribution is 6.69. The molecule has 2 aromatic rings. The number of carbonyl (C=O) groups excluding carboxylic acids is 2. The minimum absolute atomic E-state index is 0.0446. The van der Waals surface area contributed by atoms with E-state index in [0.29, 0.717) is 11.3 Å². The maximum atomic E-state index is 12.5. The molecule has 0 N–H and O–H groups in total. The van der Waals surface area contributed by atoms with Crippen LogP contribution in [0, 0.1) is 0 Å². The third kappa shape index (κ3) is 4.16. The van der Waals surface area contributed by atoms with Crippen LogP contribution >= 0.6 is 0 Å². The zero-order valence-corrected chi connectivity index (χ0v) is 14.3. The molecule has 0 atom stereocenters. The number of benzene rings is 2. The summed E-state index contributed by atoms with van der Waals surface area (Å²) in [4.78, 5) is 30.9. The Morgan fingerprint density at radius 2 is 1.50 bits per heavy atom. The fraction of sp³-hybridized carbons (Fsp3) is 0.250. The van der Waals surface area contributed by atoms with Crippen molar-refractivity contribution in [2.75, 3.05) is 18.0 Å². The molecule has 4 heteroatoms. The average molecular weight is 322 g/mol. The molecule has 0 unspecified atom stereocenters. The third-order valence-corrected chi connectivity index (χ3v) is 3.80. The van der Waals surface area contributed by atoms with E-state index in [0.717, 1.165) is 18.8 Å². The molecule has 0 heterocycles. The lowest BCUT2D eigenvalue weighted by Gasteiger charge is -2.20. The van der Waals surface area contributed by atoms with Crippen molar-refractivity contribution in [3.8, 4) is 0 Å². The first-order valence-corrected chi connectivity index (χ1v) is 8.11. The zero-order valence-electron chi connectivity index (χ0n) is 14.3.